The van der Waals surface area contributed by atoms with Gasteiger partial charge in [-0.1, -0.05) is 285 Å². The first kappa shape index (κ1) is 45.6. The average Bonchev–Trinajstić information content (AvgIpc) is 3.29. The Kier molecular flexibility index (Phi) is 19.8. The van der Waals surface area contributed by atoms with Crippen molar-refractivity contribution < 1.29 is 22.4 Å². The predicted octanol–water partition coefficient (Wildman–Crippen LogP) is 11.6. The van der Waals surface area contributed by atoms with Gasteiger partial charge >= 0.3 is 0 Å². The molecule has 6 heteroatoms. The molecule has 1 radical (unpaired) electrons. The van der Waals surface area contributed by atoms with Crippen LogP contribution in [0.2, 0.25) is 0 Å². The Bertz CT molecular complexity index is 1760. The van der Waals surface area contributed by atoms with E-state index < -0.39 is 31.7 Å². The molecule has 0 N–H and O–H groups in total. The molecule has 8 aromatic carbocycles. The van der Waals surface area contributed by atoms with Gasteiger partial charge < -0.3 is 24.6 Å². The Hall–Kier alpha value is -3.49. The van der Waals surface area contributed by atoms with Crippen LogP contribution in [-0.2, 0) is 22.4 Å². The van der Waals surface area contributed by atoms with Gasteiger partial charge in [-0.05, 0) is 0 Å². The summed E-state index contributed by atoms with van der Waals surface area (Å²) in [7, 11) is -2.11. The summed E-state index contributed by atoms with van der Waals surface area (Å²) in [6.45, 7) is 0. The third-order valence-electron chi connectivity index (χ3n) is 9.00. The van der Waals surface area contributed by atoms with Crippen LogP contribution in [0.15, 0.2) is 243 Å². The largest absolute Gasteiger partial charge is 0.454 e. The van der Waals surface area contributed by atoms with Crippen LogP contribution in [0.4, 0.5) is 0 Å². The van der Waals surface area contributed by atoms with Crippen molar-refractivity contribution in [1.82, 2.24) is 0 Å². The molecule has 0 spiro atoms. The van der Waals surface area contributed by atoms with E-state index in [1.807, 2.05) is 0 Å². The second-order valence-electron chi connectivity index (χ2n) is 12.8. The molecule has 295 valence electrons. The summed E-state index contributed by atoms with van der Waals surface area (Å²) in [5.41, 5.74) is 0. The predicted molar refractivity (Wildman–Crippen MR) is 261 cm³/mol. The molecule has 58 heavy (non-hydrogen) atoms. The molecular weight excluding hydrogens is 981 g/mol. The van der Waals surface area contributed by atoms with Gasteiger partial charge in [-0.15, -0.1) is 12.4 Å². The summed E-state index contributed by atoms with van der Waals surface area (Å²) in [4.78, 5) is 0. The van der Waals surface area contributed by atoms with Crippen LogP contribution in [0, 0.1) is 24.6 Å². The van der Waals surface area contributed by atoms with Crippen molar-refractivity contribution in [2.45, 2.75) is 0 Å². The summed E-state index contributed by atoms with van der Waals surface area (Å²) in [6.07, 6.45) is 9.80. The number of halogens is 1. The minimum Gasteiger partial charge on any atom is -0.454 e. The maximum Gasteiger partial charge on any atom is 0 e. The molecule has 0 bridgehead atoms. The number of hydrogen-bond donors (Lipinski definition) is 0. The molecule has 0 aliphatic carbocycles. The van der Waals surface area contributed by atoms with Crippen molar-refractivity contribution >= 4 is 86.5 Å². The summed E-state index contributed by atoms with van der Waals surface area (Å²) in [6, 6.07) is 86.9. The Morgan fingerprint density at radius 2 is 0.293 bits per heavy atom. The van der Waals surface area contributed by atoms with E-state index in [0.717, 1.165) is 0 Å². The van der Waals surface area contributed by atoms with E-state index in [1.165, 1.54) is 42.4 Å². The van der Waals surface area contributed by atoms with Gasteiger partial charge in [0.2, 0.25) is 0 Å². The standard InChI is InChI=1S/2C26H22P2.Au.ClH/c2*1-5-13-23(14-6-1)27(24-15-7-2-8-16-24)21-22-28(25-17-9-3-10-18-25)26-19-11-4-12-20-26;;/h2*1-22H;;1H/q2*-2;;. The van der Waals surface area contributed by atoms with Crippen LogP contribution in [0.5, 0.6) is 0 Å². The second-order valence-corrected chi connectivity index (χ2v) is 21.0. The van der Waals surface area contributed by atoms with E-state index in [0.29, 0.717) is 0 Å². The van der Waals surface area contributed by atoms with E-state index in [4.69, 9.17) is 0 Å². The van der Waals surface area contributed by atoms with Crippen LogP contribution in [0.25, 0.3) is 0 Å². The number of hydrogen-bond acceptors (Lipinski definition) is 0. The average molecular weight is 1030 g/mol. The van der Waals surface area contributed by atoms with E-state index >= 15 is 0 Å². The molecule has 0 nitrogen and oxygen atoms in total. The third kappa shape index (κ3) is 13.3. The van der Waals surface area contributed by atoms with Crippen molar-refractivity contribution in [2.24, 2.45) is 0 Å². The first-order valence-electron chi connectivity index (χ1n) is 18.8. The zero-order chi connectivity index (χ0) is 38.0. The van der Waals surface area contributed by atoms with E-state index in [-0.39, 0.29) is 34.8 Å². The molecule has 8 aromatic rings. The minimum atomic E-state index is -0.528. The fourth-order valence-corrected chi connectivity index (χ4v) is 14.9. The van der Waals surface area contributed by atoms with Crippen LogP contribution < -0.4 is 42.4 Å². The normalized spacial score (nSPS) is 10.7. The fraction of sp³-hybridized carbons (Fsp3) is 0. The third-order valence-corrected chi connectivity index (χ3v) is 18.1. The topological polar surface area (TPSA) is 0 Å². The molecule has 0 aliphatic rings. The van der Waals surface area contributed by atoms with Gasteiger partial charge in [0.25, 0.3) is 0 Å². The van der Waals surface area contributed by atoms with Crippen molar-refractivity contribution in [1.29, 1.82) is 0 Å². The van der Waals surface area contributed by atoms with Crippen molar-refractivity contribution in [3.05, 3.63) is 267 Å². The fourth-order valence-electron chi connectivity index (χ4n) is 6.26. The summed E-state index contributed by atoms with van der Waals surface area (Å²) >= 11 is 0. The monoisotopic (exact) mass is 1030 g/mol. The van der Waals surface area contributed by atoms with Crippen LogP contribution in [-0.4, -0.2) is 0 Å². The molecule has 0 saturated carbocycles. The molecule has 0 saturated heterocycles. The van der Waals surface area contributed by atoms with Gasteiger partial charge in [0, 0.05) is 22.4 Å². The maximum atomic E-state index is 2.45. The molecular formula is C52H45AuClP4-4. The van der Waals surface area contributed by atoms with E-state index in [2.05, 4.69) is 267 Å². The molecule has 8 rings (SSSR count). The van der Waals surface area contributed by atoms with Crippen LogP contribution >= 0.6 is 44.1 Å². The first-order chi connectivity index (χ1) is 27.8. The Balaban J connectivity index is 0.000000214. The zero-order valence-electron chi connectivity index (χ0n) is 31.9. The molecule has 0 aromatic heterocycles. The van der Waals surface area contributed by atoms with Gasteiger partial charge in [-0.25, -0.2) is 31.7 Å². The Morgan fingerprint density at radius 3 is 0.397 bits per heavy atom. The quantitative estimate of drug-likeness (QED) is 0.0578. The van der Waals surface area contributed by atoms with E-state index in [1.54, 1.807) is 0 Å². The van der Waals surface area contributed by atoms with Crippen molar-refractivity contribution in [2.75, 3.05) is 0 Å². The van der Waals surface area contributed by atoms with E-state index in [9.17, 15) is 0 Å². The Labute approximate surface area is 373 Å². The van der Waals surface area contributed by atoms with Gasteiger partial charge in [0.05, 0.1) is 0 Å². The molecule has 0 aliphatic heterocycles. The maximum absolute atomic E-state index is 2.45. The molecule has 0 heterocycles. The number of benzene rings is 8. The molecule has 0 unspecified atom stereocenters. The summed E-state index contributed by atoms with van der Waals surface area (Å²) in [5, 5.41) is 11.1. The zero-order valence-corrected chi connectivity index (χ0v) is 38.5. The summed E-state index contributed by atoms with van der Waals surface area (Å²) < 4.78 is 0. The van der Waals surface area contributed by atoms with Crippen LogP contribution in [0.1, 0.15) is 0 Å². The second kappa shape index (κ2) is 25.2. The summed E-state index contributed by atoms with van der Waals surface area (Å²) in [5.74, 6) is 0. The van der Waals surface area contributed by atoms with Crippen molar-refractivity contribution in [3.63, 3.8) is 0 Å². The van der Waals surface area contributed by atoms with Crippen molar-refractivity contribution in [3.8, 4) is 0 Å². The van der Waals surface area contributed by atoms with Gasteiger partial charge in [0.15, 0.2) is 0 Å². The van der Waals surface area contributed by atoms with Gasteiger partial charge in [-0.2, -0.15) is 0 Å². The SMILES string of the molecule is Cl.[Au].c1ccc(P([CH-][CH-]P(c2ccccc2)c2ccccc2)c2ccccc2)cc1.c1ccc(P([CH-][CH-]P(c2ccccc2)c2ccccc2)c2ccccc2)cc1. The van der Waals surface area contributed by atoms with Crippen LogP contribution in [0.3, 0.4) is 0 Å². The Morgan fingerprint density at radius 1 is 0.190 bits per heavy atom. The first-order valence-corrected chi connectivity index (χ1v) is 24.4. The molecule has 0 atom stereocenters. The van der Waals surface area contributed by atoms with Gasteiger partial charge in [-0.3, -0.25) is 0 Å². The molecule has 0 amide bonds. The molecule has 0 fully saturated rings. The number of rotatable bonds is 14. The minimum absolute atomic E-state index is 0. The van der Waals surface area contributed by atoms with Gasteiger partial charge in [0.1, 0.15) is 0 Å². The smallest absolute Gasteiger partial charge is 0 e.